The highest BCUT2D eigenvalue weighted by Gasteiger charge is 2.30. The Kier molecular flexibility index (Phi) is 5.01. The summed E-state index contributed by atoms with van der Waals surface area (Å²) in [7, 11) is 0. The van der Waals surface area contributed by atoms with E-state index in [1.165, 1.54) is 6.33 Å². The van der Waals surface area contributed by atoms with Gasteiger partial charge in [0, 0.05) is 36.0 Å². The minimum absolute atomic E-state index is 0.255. The Labute approximate surface area is 175 Å². The number of piperidine rings is 1. The van der Waals surface area contributed by atoms with Gasteiger partial charge in [-0.2, -0.15) is 5.10 Å². The molecule has 1 aliphatic heterocycles. The van der Waals surface area contributed by atoms with Crippen molar-refractivity contribution in [1.29, 1.82) is 0 Å². The van der Waals surface area contributed by atoms with E-state index in [1.54, 1.807) is 4.90 Å². The summed E-state index contributed by atoms with van der Waals surface area (Å²) in [5, 5.41) is 4.48. The van der Waals surface area contributed by atoms with Crippen LogP contribution >= 0.6 is 0 Å². The second kappa shape index (κ2) is 7.51. The Morgan fingerprint density at radius 2 is 1.80 bits per heavy atom. The molecule has 4 rings (SSSR count). The molecule has 1 amide bonds. The topological polar surface area (TPSA) is 112 Å². The van der Waals surface area contributed by atoms with Crippen molar-refractivity contribution in [2.45, 2.75) is 45.1 Å². The van der Waals surface area contributed by atoms with Gasteiger partial charge in [-0.05, 0) is 57.4 Å². The monoisotopic (exact) mass is 408 g/mol. The number of benzene rings is 1. The fourth-order valence-corrected chi connectivity index (χ4v) is 3.95. The van der Waals surface area contributed by atoms with Crippen LogP contribution in [0.4, 0.5) is 16.3 Å². The Morgan fingerprint density at radius 1 is 1.13 bits per heavy atom. The van der Waals surface area contributed by atoms with Crippen LogP contribution in [0.2, 0.25) is 0 Å². The summed E-state index contributed by atoms with van der Waals surface area (Å²) in [6.07, 6.45) is 2.89. The van der Waals surface area contributed by atoms with Crippen molar-refractivity contribution in [2.75, 3.05) is 24.6 Å². The van der Waals surface area contributed by atoms with Crippen molar-refractivity contribution in [1.82, 2.24) is 19.5 Å². The standard InChI is InChI=1S/C22H28N6O2/c1-22(2,3)30-21(29)27-10-8-15(9-11-27)18-12-17(14-4-6-16(23)7-5-14)19-20(24)25-13-26-28(18)19/h4-7,12-13,15H,8-11,23H2,1-3H3,(H2,24,25,26). The summed E-state index contributed by atoms with van der Waals surface area (Å²) < 4.78 is 7.40. The van der Waals surface area contributed by atoms with Crippen LogP contribution in [0.1, 0.15) is 45.2 Å². The number of nitrogens with two attached hydrogens (primary N) is 2. The molecule has 0 unspecified atom stereocenters. The molecule has 0 aliphatic carbocycles. The van der Waals surface area contributed by atoms with Crippen LogP contribution in [0.15, 0.2) is 36.7 Å². The first-order valence-electron chi connectivity index (χ1n) is 10.2. The molecule has 2 aromatic heterocycles. The molecule has 4 N–H and O–H groups in total. The summed E-state index contributed by atoms with van der Waals surface area (Å²) in [6, 6.07) is 9.84. The van der Waals surface area contributed by atoms with Crippen LogP contribution in [0.5, 0.6) is 0 Å². The zero-order valence-electron chi connectivity index (χ0n) is 17.6. The van der Waals surface area contributed by atoms with Crippen molar-refractivity contribution in [3.63, 3.8) is 0 Å². The summed E-state index contributed by atoms with van der Waals surface area (Å²) in [6.45, 7) is 6.93. The zero-order chi connectivity index (χ0) is 21.5. The Bertz CT molecular complexity index is 1060. The number of amides is 1. The summed E-state index contributed by atoms with van der Waals surface area (Å²) in [5.41, 5.74) is 16.2. The number of fused-ring (bicyclic) bond motifs is 1. The first-order chi connectivity index (χ1) is 14.2. The SMILES string of the molecule is CC(C)(C)OC(=O)N1CCC(c2cc(-c3ccc(N)cc3)c3c(N)ncnn23)CC1. The maximum Gasteiger partial charge on any atom is 0.410 e. The fraction of sp³-hybridized carbons (Fsp3) is 0.409. The number of hydrogen-bond donors (Lipinski definition) is 2. The van der Waals surface area contributed by atoms with Crippen molar-refractivity contribution in [3.8, 4) is 11.1 Å². The van der Waals surface area contributed by atoms with E-state index in [0.29, 0.717) is 24.6 Å². The van der Waals surface area contributed by atoms with E-state index < -0.39 is 5.60 Å². The number of nitrogens with zero attached hydrogens (tertiary/aromatic N) is 4. The first kappa shape index (κ1) is 20.0. The van der Waals surface area contributed by atoms with Crippen LogP contribution in [0, 0.1) is 0 Å². The maximum atomic E-state index is 12.4. The molecule has 0 saturated carbocycles. The van der Waals surface area contributed by atoms with Gasteiger partial charge >= 0.3 is 6.09 Å². The number of carbonyl (C=O) groups is 1. The van der Waals surface area contributed by atoms with E-state index in [4.69, 9.17) is 16.2 Å². The zero-order valence-corrected chi connectivity index (χ0v) is 17.6. The predicted octanol–water partition coefficient (Wildman–Crippen LogP) is 3.68. The van der Waals surface area contributed by atoms with Gasteiger partial charge in [0.25, 0.3) is 0 Å². The maximum absolute atomic E-state index is 12.4. The average molecular weight is 409 g/mol. The molecule has 0 spiro atoms. The number of hydrogen-bond acceptors (Lipinski definition) is 6. The molecule has 30 heavy (non-hydrogen) atoms. The number of rotatable bonds is 2. The van der Waals surface area contributed by atoms with Crippen molar-refractivity contribution in [3.05, 3.63) is 42.4 Å². The van der Waals surface area contributed by atoms with E-state index in [0.717, 1.165) is 35.2 Å². The van der Waals surface area contributed by atoms with Crippen LogP contribution in [0.3, 0.4) is 0 Å². The molecule has 1 aromatic carbocycles. The first-order valence-corrected chi connectivity index (χ1v) is 10.2. The minimum atomic E-state index is -0.492. The quantitative estimate of drug-likeness (QED) is 0.626. The van der Waals surface area contributed by atoms with E-state index >= 15 is 0 Å². The molecule has 8 nitrogen and oxygen atoms in total. The summed E-state index contributed by atoms with van der Waals surface area (Å²) in [5.74, 6) is 0.697. The Balaban J connectivity index is 1.62. The Hall–Kier alpha value is -3.29. The molecule has 1 saturated heterocycles. The van der Waals surface area contributed by atoms with E-state index in [1.807, 2.05) is 49.6 Å². The summed E-state index contributed by atoms with van der Waals surface area (Å²) in [4.78, 5) is 18.4. The lowest BCUT2D eigenvalue weighted by molar-refractivity contribution is 0.0203. The normalized spacial score (nSPS) is 15.5. The van der Waals surface area contributed by atoms with Crippen LogP contribution in [-0.2, 0) is 4.74 Å². The second-order valence-electron chi connectivity index (χ2n) is 8.75. The molecule has 3 heterocycles. The smallest absolute Gasteiger partial charge is 0.410 e. The fourth-order valence-electron chi connectivity index (χ4n) is 3.95. The highest BCUT2D eigenvalue weighted by atomic mass is 16.6. The molecular weight excluding hydrogens is 380 g/mol. The van der Waals surface area contributed by atoms with Crippen molar-refractivity contribution < 1.29 is 9.53 Å². The predicted molar refractivity (Wildman–Crippen MR) is 117 cm³/mol. The van der Waals surface area contributed by atoms with Gasteiger partial charge in [0.2, 0.25) is 0 Å². The molecule has 8 heteroatoms. The van der Waals surface area contributed by atoms with Gasteiger partial charge < -0.3 is 21.1 Å². The lowest BCUT2D eigenvalue weighted by Gasteiger charge is -2.33. The van der Waals surface area contributed by atoms with Gasteiger partial charge in [0.15, 0.2) is 5.82 Å². The highest BCUT2D eigenvalue weighted by molar-refractivity contribution is 5.88. The number of ether oxygens (including phenoxy) is 1. The molecule has 158 valence electrons. The Morgan fingerprint density at radius 3 is 2.43 bits per heavy atom. The number of aromatic nitrogens is 3. The van der Waals surface area contributed by atoms with Gasteiger partial charge in [-0.3, -0.25) is 0 Å². The average Bonchev–Trinajstić information content (AvgIpc) is 3.08. The number of nitrogen functional groups attached to an aromatic ring is 2. The van der Waals surface area contributed by atoms with Crippen LogP contribution in [-0.4, -0.2) is 44.3 Å². The summed E-state index contributed by atoms with van der Waals surface area (Å²) >= 11 is 0. The van der Waals surface area contributed by atoms with Gasteiger partial charge in [-0.25, -0.2) is 14.3 Å². The molecule has 0 radical (unpaired) electrons. The van der Waals surface area contributed by atoms with Crippen molar-refractivity contribution >= 4 is 23.1 Å². The van der Waals surface area contributed by atoms with E-state index in [9.17, 15) is 4.79 Å². The molecule has 1 aliphatic rings. The van der Waals surface area contributed by atoms with E-state index in [-0.39, 0.29) is 12.0 Å². The lowest BCUT2D eigenvalue weighted by Crippen LogP contribution is -2.41. The van der Waals surface area contributed by atoms with Crippen molar-refractivity contribution in [2.24, 2.45) is 0 Å². The van der Waals surface area contributed by atoms with Gasteiger partial charge in [-0.1, -0.05) is 12.1 Å². The number of anilines is 2. The van der Waals surface area contributed by atoms with Gasteiger partial charge in [0.1, 0.15) is 17.4 Å². The number of carbonyl (C=O) groups excluding carboxylic acids is 1. The highest BCUT2D eigenvalue weighted by Crippen LogP contribution is 2.36. The third kappa shape index (κ3) is 3.90. The lowest BCUT2D eigenvalue weighted by atomic mass is 9.93. The van der Waals surface area contributed by atoms with Crippen LogP contribution < -0.4 is 11.5 Å². The molecular formula is C22H28N6O2. The molecule has 3 aromatic rings. The number of likely N-dealkylation sites (tertiary alicyclic amines) is 1. The van der Waals surface area contributed by atoms with Gasteiger partial charge in [0.05, 0.1) is 0 Å². The van der Waals surface area contributed by atoms with Crippen LogP contribution in [0.25, 0.3) is 16.6 Å². The third-order valence-electron chi connectivity index (χ3n) is 5.40. The van der Waals surface area contributed by atoms with E-state index in [2.05, 4.69) is 16.1 Å². The van der Waals surface area contributed by atoms with Gasteiger partial charge in [-0.15, -0.1) is 0 Å². The largest absolute Gasteiger partial charge is 0.444 e. The molecule has 0 bridgehead atoms. The minimum Gasteiger partial charge on any atom is -0.444 e. The third-order valence-corrected chi connectivity index (χ3v) is 5.40. The molecule has 1 fully saturated rings. The second-order valence-corrected chi connectivity index (χ2v) is 8.75. The molecule has 0 atom stereocenters.